The molecule has 12 heteroatoms. The first-order valence-electron chi connectivity index (χ1n) is 8.93. The molecule has 0 bridgehead atoms. The van der Waals surface area contributed by atoms with Gasteiger partial charge in [-0.3, -0.25) is 4.79 Å². The van der Waals surface area contributed by atoms with E-state index in [4.69, 9.17) is 4.74 Å². The molecule has 0 aliphatic carbocycles. The number of sulfonamides is 1. The zero-order chi connectivity index (χ0) is 21.0. The molecule has 1 amide bonds. The van der Waals surface area contributed by atoms with E-state index < -0.39 is 15.3 Å². The Balaban J connectivity index is 1.62. The van der Waals surface area contributed by atoms with Gasteiger partial charge in [0.05, 0.1) is 23.4 Å². The maximum atomic E-state index is 12.6. The van der Waals surface area contributed by atoms with Crippen molar-refractivity contribution < 1.29 is 17.9 Å². The SMILES string of the molecule is CC(Sc1nnc(N2CCOCC2)s1)C(=O)Nc1cccc(S(=O)(=O)N(C)C)c1. The number of benzene rings is 1. The second-order valence-corrected chi connectivity index (χ2v) is 11.2. The van der Waals surface area contributed by atoms with Crippen LogP contribution in [0, 0.1) is 0 Å². The Morgan fingerprint density at radius 1 is 1.31 bits per heavy atom. The van der Waals surface area contributed by atoms with E-state index in [1.807, 2.05) is 0 Å². The van der Waals surface area contributed by atoms with Crippen molar-refractivity contribution in [2.24, 2.45) is 0 Å². The van der Waals surface area contributed by atoms with Crippen LogP contribution in [0.5, 0.6) is 0 Å². The molecule has 1 aromatic heterocycles. The van der Waals surface area contributed by atoms with Crippen LogP contribution in [-0.2, 0) is 19.6 Å². The number of carbonyl (C=O) groups is 1. The third-order valence-electron chi connectivity index (χ3n) is 4.20. The number of carbonyl (C=O) groups excluding carboxylic acids is 1. The van der Waals surface area contributed by atoms with Crippen LogP contribution in [0.1, 0.15) is 6.92 Å². The zero-order valence-corrected chi connectivity index (χ0v) is 18.8. The minimum absolute atomic E-state index is 0.125. The van der Waals surface area contributed by atoms with Gasteiger partial charge in [-0.05, 0) is 25.1 Å². The lowest BCUT2D eigenvalue weighted by Gasteiger charge is -2.25. The van der Waals surface area contributed by atoms with Gasteiger partial charge in [0.25, 0.3) is 0 Å². The van der Waals surface area contributed by atoms with Crippen molar-refractivity contribution >= 4 is 49.8 Å². The number of aromatic nitrogens is 2. The van der Waals surface area contributed by atoms with Crippen molar-refractivity contribution in [2.75, 3.05) is 50.6 Å². The standard InChI is InChI=1S/C17H23N5O4S3/c1-12(27-17-20-19-16(28-17)22-7-9-26-10-8-22)15(23)18-13-5-4-6-14(11-13)29(24,25)21(2)3/h4-6,11-12H,7-10H2,1-3H3,(H,18,23). The third-order valence-corrected chi connectivity index (χ3v) is 8.18. The van der Waals surface area contributed by atoms with Gasteiger partial charge in [0.1, 0.15) is 0 Å². The highest BCUT2D eigenvalue weighted by Gasteiger charge is 2.21. The number of rotatable bonds is 7. The average Bonchev–Trinajstić information content (AvgIpc) is 3.17. The van der Waals surface area contributed by atoms with Gasteiger partial charge in [0.2, 0.25) is 21.1 Å². The van der Waals surface area contributed by atoms with E-state index in [1.165, 1.54) is 49.3 Å². The number of morpholine rings is 1. The van der Waals surface area contributed by atoms with Gasteiger partial charge in [-0.25, -0.2) is 12.7 Å². The molecule has 1 aromatic carbocycles. The molecule has 1 N–H and O–H groups in total. The molecule has 1 atom stereocenters. The summed E-state index contributed by atoms with van der Waals surface area (Å²) in [5.74, 6) is -0.238. The number of nitrogens with zero attached hydrogens (tertiary/aromatic N) is 4. The minimum Gasteiger partial charge on any atom is -0.378 e. The predicted molar refractivity (Wildman–Crippen MR) is 114 cm³/mol. The smallest absolute Gasteiger partial charge is 0.242 e. The molecule has 29 heavy (non-hydrogen) atoms. The van der Waals surface area contributed by atoms with Gasteiger partial charge in [-0.15, -0.1) is 10.2 Å². The fourth-order valence-corrected chi connectivity index (χ4v) is 5.51. The van der Waals surface area contributed by atoms with Crippen molar-refractivity contribution in [2.45, 2.75) is 21.4 Å². The van der Waals surface area contributed by atoms with Crippen molar-refractivity contribution in [1.82, 2.24) is 14.5 Å². The first-order chi connectivity index (χ1) is 13.8. The van der Waals surface area contributed by atoms with Gasteiger partial charge in [0, 0.05) is 32.9 Å². The highest BCUT2D eigenvalue weighted by molar-refractivity contribution is 8.02. The topological polar surface area (TPSA) is 105 Å². The van der Waals surface area contributed by atoms with Crippen LogP contribution in [0.4, 0.5) is 10.8 Å². The Morgan fingerprint density at radius 3 is 2.72 bits per heavy atom. The molecule has 0 radical (unpaired) electrons. The van der Waals surface area contributed by atoms with Gasteiger partial charge in [-0.1, -0.05) is 29.2 Å². The lowest BCUT2D eigenvalue weighted by molar-refractivity contribution is -0.115. The van der Waals surface area contributed by atoms with E-state index in [0.29, 0.717) is 23.2 Å². The molecule has 3 rings (SSSR count). The number of ether oxygens (including phenoxy) is 1. The van der Waals surface area contributed by atoms with E-state index in [2.05, 4.69) is 20.4 Å². The Morgan fingerprint density at radius 2 is 2.03 bits per heavy atom. The van der Waals surface area contributed by atoms with Crippen LogP contribution in [0.3, 0.4) is 0 Å². The van der Waals surface area contributed by atoms with Crippen molar-refractivity contribution in [3.63, 3.8) is 0 Å². The predicted octanol–water partition coefficient (Wildman–Crippen LogP) is 1.74. The number of thioether (sulfide) groups is 1. The molecule has 9 nitrogen and oxygen atoms in total. The number of amides is 1. The molecule has 1 unspecified atom stereocenters. The summed E-state index contributed by atoms with van der Waals surface area (Å²) in [7, 11) is -0.636. The van der Waals surface area contributed by atoms with Gasteiger partial charge >= 0.3 is 0 Å². The summed E-state index contributed by atoms with van der Waals surface area (Å²) in [5.41, 5.74) is 0.427. The van der Waals surface area contributed by atoms with E-state index >= 15 is 0 Å². The monoisotopic (exact) mass is 457 g/mol. The Kier molecular flexibility index (Phi) is 7.11. The Hall–Kier alpha value is -1.73. The van der Waals surface area contributed by atoms with Crippen LogP contribution >= 0.6 is 23.1 Å². The maximum Gasteiger partial charge on any atom is 0.242 e. The molecule has 2 aromatic rings. The van der Waals surface area contributed by atoms with Crippen LogP contribution < -0.4 is 10.2 Å². The molecule has 1 saturated heterocycles. The van der Waals surface area contributed by atoms with E-state index in [1.54, 1.807) is 19.1 Å². The summed E-state index contributed by atoms with van der Waals surface area (Å²) in [6.07, 6.45) is 0. The zero-order valence-electron chi connectivity index (χ0n) is 16.4. The lowest BCUT2D eigenvalue weighted by Crippen LogP contribution is -2.36. The summed E-state index contributed by atoms with van der Waals surface area (Å²) in [5, 5.41) is 11.5. The summed E-state index contributed by atoms with van der Waals surface area (Å²) < 4.78 is 31.7. The Labute approximate surface area is 178 Å². The molecule has 0 spiro atoms. The average molecular weight is 458 g/mol. The van der Waals surface area contributed by atoms with Crippen LogP contribution in [0.25, 0.3) is 0 Å². The second-order valence-electron chi connectivity index (χ2n) is 6.51. The lowest BCUT2D eigenvalue weighted by atomic mass is 10.3. The largest absolute Gasteiger partial charge is 0.378 e. The fraction of sp³-hybridized carbons (Fsp3) is 0.471. The summed E-state index contributed by atoms with van der Waals surface area (Å²) in [6, 6.07) is 6.21. The molecule has 0 saturated carbocycles. The molecular weight excluding hydrogens is 434 g/mol. The highest BCUT2D eigenvalue weighted by Crippen LogP contribution is 2.31. The minimum atomic E-state index is -3.57. The highest BCUT2D eigenvalue weighted by atomic mass is 32.2. The maximum absolute atomic E-state index is 12.6. The number of nitrogens with one attached hydrogen (secondary N) is 1. The quantitative estimate of drug-likeness (QED) is 0.627. The summed E-state index contributed by atoms with van der Waals surface area (Å²) >= 11 is 2.77. The van der Waals surface area contributed by atoms with Crippen molar-refractivity contribution in [3.8, 4) is 0 Å². The summed E-state index contributed by atoms with van der Waals surface area (Å²) in [4.78, 5) is 14.8. The van der Waals surface area contributed by atoms with Crippen molar-refractivity contribution in [3.05, 3.63) is 24.3 Å². The first kappa shape index (κ1) is 22.0. The molecular formula is C17H23N5O4S3. The van der Waals surface area contributed by atoms with E-state index in [-0.39, 0.29) is 10.8 Å². The van der Waals surface area contributed by atoms with Gasteiger partial charge in [-0.2, -0.15) is 0 Å². The Bertz CT molecular complexity index is 957. The number of anilines is 2. The van der Waals surface area contributed by atoms with Gasteiger partial charge in [0.15, 0.2) is 4.34 Å². The number of hydrogen-bond acceptors (Lipinski definition) is 9. The van der Waals surface area contributed by atoms with E-state index in [0.717, 1.165) is 22.5 Å². The number of hydrogen-bond donors (Lipinski definition) is 1. The summed E-state index contributed by atoms with van der Waals surface area (Å²) in [6.45, 7) is 4.67. The molecule has 1 fully saturated rings. The molecule has 1 aliphatic heterocycles. The molecule has 158 valence electrons. The first-order valence-corrected chi connectivity index (χ1v) is 12.1. The molecule has 2 heterocycles. The van der Waals surface area contributed by atoms with Crippen LogP contribution in [0.15, 0.2) is 33.5 Å². The van der Waals surface area contributed by atoms with E-state index in [9.17, 15) is 13.2 Å². The van der Waals surface area contributed by atoms with Crippen molar-refractivity contribution in [1.29, 1.82) is 0 Å². The second kappa shape index (κ2) is 9.39. The third kappa shape index (κ3) is 5.45. The normalized spacial score (nSPS) is 16.1. The van der Waals surface area contributed by atoms with Gasteiger partial charge < -0.3 is 15.0 Å². The fourth-order valence-electron chi connectivity index (χ4n) is 2.53. The van der Waals surface area contributed by atoms with Crippen LogP contribution in [0.2, 0.25) is 0 Å². The molecule has 1 aliphatic rings. The van der Waals surface area contributed by atoms with Crippen LogP contribution in [-0.4, -0.2) is 74.5 Å².